The number of nitrogens with two attached hydrogens (primary N) is 1. The van der Waals surface area contributed by atoms with E-state index < -0.39 is 0 Å². The number of rotatable bonds is 3. The van der Waals surface area contributed by atoms with E-state index in [1.165, 1.54) is 11.3 Å². The molecule has 19 heavy (non-hydrogen) atoms. The number of thiophene rings is 1. The Balaban J connectivity index is 2.30. The van der Waals surface area contributed by atoms with Crippen molar-refractivity contribution >= 4 is 67.7 Å². The summed E-state index contributed by atoms with van der Waals surface area (Å²) in [5.41, 5.74) is 6.71. The molecule has 1 aromatic carbocycles. The third-order valence-electron chi connectivity index (χ3n) is 2.29. The Hall–Kier alpha value is -0.950. The molecule has 0 atom stereocenters. The van der Waals surface area contributed by atoms with Crippen LogP contribution in [0.3, 0.4) is 0 Å². The predicted octanol–water partition coefficient (Wildman–Crippen LogP) is 4.05. The molecule has 2 aromatic rings. The van der Waals surface area contributed by atoms with Crippen LogP contribution < -0.4 is 11.1 Å². The normalized spacial score (nSPS) is 10.2. The van der Waals surface area contributed by atoms with Crippen LogP contribution in [0.4, 0.5) is 5.69 Å². The lowest BCUT2D eigenvalue weighted by Gasteiger charge is -2.09. The van der Waals surface area contributed by atoms with Crippen LogP contribution in [-0.4, -0.2) is 10.9 Å². The maximum Gasteiger partial charge on any atom is 0.265 e. The topological polar surface area (TPSA) is 55.1 Å². The zero-order valence-corrected chi connectivity index (χ0v) is 13.4. The molecule has 0 fully saturated rings. The van der Waals surface area contributed by atoms with Crippen LogP contribution in [0.25, 0.3) is 0 Å². The number of carbonyl (C=O) groups excluding carboxylic acids is 1. The van der Waals surface area contributed by atoms with Gasteiger partial charge in [-0.2, -0.15) is 0 Å². The third-order valence-corrected chi connectivity index (χ3v) is 4.37. The van der Waals surface area contributed by atoms with E-state index in [0.29, 0.717) is 21.2 Å². The summed E-state index contributed by atoms with van der Waals surface area (Å²) >= 11 is 15.5. The molecule has 3 nitrogen and oxygen atoms in total. The van der Waals surface area contributed by atoms with Crippen molar-refractivity contribution in [3.63, 3.8) is 0 Å². The summed E-state index contributed by atoms with van der Waals surface area (Å²) in [5, 5.41) is 3.26. The molecule has 0 aliphatic rings. The maximum absolute atomic E-state index is 12.1. The second kappa shape index (κ2) is 6.00. The van der Waals surface area contributed by atoms with E-state index in [9.17, 15) is 4.79 Å². The minimum absolute atomic E-state index is 0.208. The molecule has 3 N–H and O–H groups in total. The summed E-state index contributed by atoms with van der Waals surface area (Å²) in [6, 6.07) is 8.52. The Bertz CT molecular complexity index is 657. The van der Waals surface area contributed by atoms with E-state index in [1.54, 1.807) is 24.3 Å². The van der Waals surface area contributed by atoms with Crippen LogP contribution in [0, 0.1) is 0 Å². The first-order chi connectivity index (χ1) is 8.97. The molecular weight excluding hydrogens is 368 g/mol. The summed E-state index contributed by atoms with van der Waals surface area (Å²) in [6.45, 7) is 0. The van der Waals surface area contributed by atoms with Crippen molar-refractivity contribution in [3.05, 3.63) is 49.6 Å². The van der Waals surface area contributed by atoms with Gasteiger partial charge in [-0.05, 0) is 46.3 Å². The lowest BCUT2D eigenvalue weighted by atomic mass is 10.1. The zero-order valence-electron chi connectivity index (χ0n) is 9.44. The van der Waals surface area contributed by atoms with Gasteiger partial charge in [-0.15, -0.1) is 11.3 Å². The number of benzene rings is 1. The Morgan fingerprint density at radius 3 is 2.68 bits per heavy atom. The summed E-state index contributed by atoms with van der Waals surface area (Å²) < 4.78 is 0.887. The smallest absolute Gasteiger partial charge is 0.265 e. The second-order valence-corrected chi connectivity index (χ2v) is 6.95. The van der Waals surface area contributed by atoms with Gasteiger partial charge in [0.05, 0.1) is 14.4 Å². The highest BCUT2D eigenvalue weighted by Crippen LogP contribution is 2.25. The minimum atomic E-state index is -0.226. The highest BCUT2D eigenvalue weighted by Gasteiger charge is 2.12. The monoisotopic (exact) mass is 374 g/mol. The minimum Gasteiger partial charge on any atom is -0.389 e. The van der Waals surface area contributed by atoms with Crippen molar-refractivity contribution in [2.75, 3.05) is 5.32 Å². The molecule has 1 aromatic heterocycles. The molecule has 0 aliphatic heterocycles. The molecule has 1 heterocycles. The van der Waals surface area contributed by atoms with Gasteiger partial charge in [0, 0.05) is 10.6 Å². The molecule has 0 saturated carbocycles. The number of anilines is 1. The van der Waals surface area contributed by atoms with Crippen molar-refractivity contribution in [2.45, 2.75) is 0 Å². The van der Waals surface area contributed by atoms with Gasteiger partial charge < -0.3 is 11.1 Å². The van der Waals surface area contributed by atoms with E-state index >= 15 is 0 Å². The Kier molecular flexibility index (Phi) is 4.57. The fraction of sp³-hybridized carbons (Fsp3) is 0. The molecule has 0 bridgehead atoms. The molecule has 7 heteroatoms. The fourth-order valence-electron chi connectivity index (χ4n) is 1.45. The first-order valence-corrected chi connectivity index (χ1v) is 7.53. The van der Waals surface area contributed by atoms with E-state index in [1.807, 2.05) is 6.07 Å². The lowest BCUT2D eigenvalue weighted by molar-refractivity contribution is 0.103. The molecular formula is C12H8BrClN2OS2. The van der Waals surface area contributed by atoms with Gasteiger partial charge in [-0.25, -0.2) is 0 Å². The number of nitrogens with one attached hydrogen (secondary N) is 1. The number of halogens is 2. The lowest BCUT2D eigenvalue weighted by Crippen LogP contribution is -2.16. The van der Waals surface area contributed by atoms with Crippen molar-refractivity contribution in [1.82, 2.24) is 0 Å². The molecule has 0 aliphatic carbocycles. The number of hydrogen-bond donors (Lipinski definition) is 2. The van der Waals surface area contributed by atoms with Crippen molar-refractivity contribution in [2.24, 2.45) is 5.73 Å². The van der Waals surface area contributed by atoms with Gasteiger partial charge >= 0.3 is 0 Å². The first-order valence-electron chi connectivity index (χ1n) is 5.13. The Morgan fingerprint density at radius 1 is 1.37 bits per heavy atom. The summed E-state index contributed by atoms with van der Waals surface area (Å²) in [4.78, 5) is 12.9. The van der Waals surface area contributed by atoms with Gasteiger partial charge in [0.15, 0.2) is 0 Å². The molecule has 0 saturated heterocycles. The van der Waals surface area contributed by atoms with Crippen LogP contribution in [0.5, 0.6) is 0 Å². The van der Waals surface area contributed by atoms with Gasteiger partial charge in [-0.1, -0.05) is 23.8 Å². The summed E-state index contributed by atoms with van der Waals surface area (Å²) in [5.74, 6) is -0.226. The quantitative estimate of drug-likeness (QED) is 0.796. The first kappa shape index (κ1) is 14.5. The van der Waals surface area contributed by atoms with E-state index in [4.69, 9.17) is 29.6 Å². The number of hydrogen-bond acceptors (Lipinski definition) is 3. The second-order valence-electron chi connectivity index (χ2n) is 3.61. The van der Waals surface area contributed by atoms with Crippen LogP contribution in [0.1, 0.15) is 15.2 Å². The highest BCUT2D eigenvalue weighted by atomic mass is 79.9. The van der Waals surface area contributed by atoms with Crippen LogP contribution in [0.2, 0.25) is 5.02 Å². The Morgan fingerprint density at radius 2 is 2.11 bits per heavy atom. The standard InChI is InChI=1S/C12H8BrClN2OS2/c13-10-4-3-9(19-10)12(17)16-8-5-6(14)1-2-7(8)11(15)18/h1-5H,(H2,15,18)(H,16,17). The van der Waals surface area contributed by atoms with Crippen molar-refractivity contribution < 1.29 is 4.79 Å². The van der Waals surface area contributed by atoms with Gasteiger partial charge in [0.25, 0.3) is 5.91 Å². The van der Waals surface area contributed by atoms with Gasteiger partial charge in [0.1, 0.15) is 4.99 Å². The van der Waals surface area contributed by atoms with Crippen LogP contribution >= 0.6 is 51.1 Å². The number of amides is 1. The van der Waals surface area contributed by atoms with Crippen LogP contribution in [0.15, 0.2) is 34.1 Å². The highest BCUT2D eigenvalue weighted by molar-refractivity contribution is 9.11. The summed E-state index contributed by atoms with van der Waals surface area (Å²) in [6.07, 6.45) is 0. The van der Waals surface area contributed by atoms with E-state index in [0.717, 1.165) is 3.79 Å². The Labute approximate surface area is 132 Å². The van der Waals surface area contributed by atoms with Crippen molar-refractivity contribution in [1.29, 1.82) is 0 Å². The molecule has 0 spiro atoms. The average Bonchev–Trinajstić information content (AvgIpc) is 2.75. The number of carbonyl (C=O) groups is 1. The largest absolute Gasteiger partial charge is 0.389 e. The molecule has 0 radical (unpaired) electrons. The van der Waals surface area contributed by atoms with Crippen LogP contribution in [-0.2, 0) is 0 Å². The van der Waals surface area contributed by atoms with E-state index in [2.05, 4.69) is 21.2 Å². The SMILES string of the molecule is NC(=S)c1ccc(Cl)cc1NC(=O)c1ccc(Br)s1. The maximum atomic E-state index is 12.1. The molecule has 98 valence electrons. The van der Waals surface area contributed by atoms with Crippen molar-refractivity contribution in [3.8, 4) is 0 Å². The fourth-order valence-corrected chi connectivity index (χ4v) is 3.09. The van der Waals surface area contributed by atoms with E-state index in [-0.39, 0.29) is 10.9 Å². The molecule has 0 unspecified atom stereocenters. The predicted molar refractivity (Wildman–Crippen MR) is 87.3 cm³/mol. The summed E-state index contributed by atoms with van der Waals surface area (Å²) in [7, 11) is 0. The van der Waals surface area contributed by atoms with Gasteiger partial charge in [0.2, 0.25) is 0 Å². The molecule has 1 amide bonds. The average molecular weight is 376 g/mol. The number of thiocarbonyl (C=S) groups is 1. The third kappa shape index (κ3) is 3.54. The van der Waals surface area contributed by atoms with Gasteiger partial charge in [-0.3, -0.25) is 4.79 Å². The zero-order chi connectivity index (χ0) is 14.0. The molecule has 2 rings (SSSR count).